The molecule has 0 spiro atoms. The van der Waals surface area contributed by atoms with Crippen molar-refractivity contribution in [1.82, 2.24) is 10.5 Å². The van der Waals surface area contributed by atoms with Crippen LogP contribution in [0.1, 0.15) is 34.6 Å². The van der Waals surface area contributed by atoms with Crippen LogP contribution >= 0.6 is 0 Å². The van der Waals surface area contributed by atoms with Gasteiger partial charge in [0.15, 0.2) is 17.3 Å². The van der Waals surface area contributed by atoms with Gasteiger partial charge < -0.3 is 19.3 Å². The zero-order valence-electron chi connectivity index (χ0n) is 14.5. The van der Waals surface area contributed by atoms with E-state index in [0.717, 1.165) is 5.56 Å². The van der Waals surface area contributed by atoms with Crippen molar-refractivity contribution in [3.63, 3.8) is 0 Å². The fourth-order valence-corrected chi connectivity index (χ4v) is 2.97. The smallest absolute Gasteiger partial charge is 0.257 e. The van der Waals surface area contributed by atoms with Gasteiger partial charge in [0.05, 0.1) is 11.7 Å². The molecule has 0 aliphatic carbocycles. The summed E-state index contributed by atoms with van der Waals surface area (Å²) in [5.74, 6) is 1.49. The van der Waals surface area contributed by atoms with Crippen LogP contribution < -0.4 is 14.8 Å². The maximum Gasteiger partial charge on any atom is 0.257 e. The molecule has 1 aliphatic rings. The van der Waals surface area contributed by atoms with Crippen LogP contribution in [0.4, 0.5) is 0 Å². The van der Waals surface area contributed by atoms with Crippen LogP contribution in [0.25, 0.3) is 11.3 Å². The Bertz CT molecular complexity index is 950. The molecule has 6 heteroatoms. The topological polar surface area (TPSA) is 73.6 Å². The second-order valence-corrected chi connectivity index (χ2v) is 6.15. The molecule has 0 bridgehead atoms. The minimum absolute atomic E-state index is 0.136. The van der Waals surface area contributed by atoms with Crippen molar-refractivity contribution < 1.29 is 18.8 Å². The average Bonchev–Trinajstić information content (AvgIpc) is 3.27. The van der Waals surface area contributed by atoms with Gasteiger partial charge in [0, 0.05) is 5.56 Å². The summed E-state index contributed by atoms with van der Waals surface area (Å²) in [4.78, 5) is 12.9. The first-order valence-corrected chi connectivity index (χ1v) is 8.35. The molecule has 6 nitrogen and oxygen atoms in total. The molecule has 1 aliphatic heterocycles. The Kier molecular flexibility index (Phi) is 4.08. The summed E-state index contributed by atoms with van der Waals surface area (Å²) in [6.07, 6.45) is 0. The van der Waals surface area contributed by atoms with Gasteiger partial charge in [-0.25, -0.2) is 0 Å². The van der Waals surface area contributed by atoms with E-state index in [1.807, 2.05) is 43.3 Å². The fraction of sp³-hybridized carbons (Fsp3) is 0.200. The van der Waals surface area contributed by atoms with E-state index in [-0.39, 0.29) is 18.7 Å². The van der Waals surface area contributed by atoms with E-state index in [1.54, 1.807) is 19.1 Å². The van der Waals surface area contributed by atoms with E-state index in [9.17, 15) is 4.79 Å². The van der Waals surface area contributed by atoms with E-state index in [4.69, 9.17) is 14.0 Å². The standard InChI is InChI=1S/C20H18N2O4/c1-12(14-6-4-3-5-7-14)21-20(23)18-13(2)22-26-19(18)15-8-9-16-17(10-15)25-11-24-16/h3-10,12H,11H2,1-2H3,(H,21,23). The van der Waals surface area contributed by atoms with E-state index in [2.05, 4.69) is 10.5 Å². The van der Waals surface area contributed by atoms with E-state index in [1.165, 1.54) is 0 Å². The molecule has 1 aromatic heterocycles. The lowest BCUT2D eigenvalue weighted by Gasteiger charge is -2.14. The number of aryl methyl sites for hydroxylation is 1. The van der Waals surface area contributed by atoms with Crippen LogP contribution in [-0.4, -0.2) is 17.9 Å². The van der Waals surface area contributed by atoms with Crippen molar-refractivity contribution >= 4 is 5.91 Å². The third-order valence-corrected chi connectivity index (χ3v) is 4.37. The monoisotopic (exact) mass is 350 g/mol. The van der Waals surface area contributed by atoms with E-state index in [0.29, 0.717) is 34.1 Å². The van der Waals surface area contributed by atoms with Gasteiger partial charge in [0.1, 0.15) is 5.56 Å². The molecule has 0 radical (unpaired) electrons. The van der Waals surface area contributed by atoms with Crippen molar-refractivity contribution in [2.45, 2.75) is 19.9 Å². The molecule has 1 atom stereocenters. The quantitative estimate of drug-likeness (QED) is 0.773. The molecular weight excluding hydrogens is 332 g/mol. The molecule has 3 aromatic rings. The van der Waals surface area contributed by atoms with E-state index < -0.39 is 0 Å². The summed E-state index contributed by atoms with van der Waals surface area (Å²) in [5, 5.41) is 6.99. The first kappa shape index (κ1) is 16.2. The Balaban J connectivity index is 1.63. The van der Waals surface area contributed by atoms with Crippen LogP contribution in [0.5, 0.6) is 11.5 Å². The predicted octanol–water partition coefficient (Wildman–Crippen LogP) is 3.87. The average molecular weight is 350 g/mol. The zero-order chi connectivity index (χ0) is 18.1. The lowest BCUT2D eigenvalue weighted by molar-refractivity contribution is 0.0939. The van der Waals surface area contributed by atoms with Gasteiger partial charge in [-0.3, -0.25) is 4.79 Å². The normalized spacial score (nSPS) is 13.5. The summed E-state index contributed by atoms with van der Waals surface area (Å²) in [5.41, 5.74) is 2.70. The first-order chi connectivity index (χ1) is 12.6. The number of hydrogen-bond donors (Lipinski definition) is 1. The molecule has 26 heavy (non-hydrogen) atoms. The van der Waals surface area contributed by atoms with Gasteiger partial charge in [-0.1, -0.05) is 35.5 Å². The van der Waals surface area contributed by atoms with Crippen molar-refractivity contribution in [2.24, 2.45) is 0 Å². The summed E-state index contributed by atoms with van der Waals surface area (Å²) in [7, 11) is 0. The van der Waals surface area contributed by atoms with Gasteiger partial charge in [-0.05, 0) is 37.6 Å². The Labute approximate surface area is 150 Å². The van der Waals surface area contributed by atoms with Crippen molar-refractivity contribution in [2.75, 3.05) is 6.79 Å². The number of rotatable bonds is 4. The van der Waals surface area contributed by atoms with Crippen LogP contribution in [0.3, 0.4) is 0 Å². The second-order valence-electron chi connectivity index (χ2n) is 6.15. The van der Waals surface area contributed by atoms with Crippen molar-refractivity contribution in [1.29, 1.82) is 0 Å². The van der Waals surface area contributed by atoms with Crippen LogP contribution in [0.15, 0.2) is 53.1 Å². The van der Waals surface area contributed by atoms with Gasteiger partial charge in [0.25, 0.3) is 5.91 Å². The lowest BCUT2D eigenvalue weighted by atomic mass is 10.0. The molecule has 1 amide bonds. The maximum atomic E-state index is 12.9. The number of nitrogens with one attached hydrogen (secondary N) is 1. The number of ether oxygens (including phenoxy) is 2. The minimum atomic E-state index is -0.229. The number of nitrogens with zero attached hydrogens (tertiary/aromatic N) is 1. The number of benzene rings is 2. The third kappa shape index (κ3) is 2.90. The number of aromatic nitrogens is 1. The molecule has 2 aromatic carbocycles. The van der Waals surface area contributed by atoms with Crippen LogP contribution in [0, 0.1) is 6.92 Å². The maximum absolute atomic E-state index is 12.9. The molecule has 4 rings (SSSR count). The highest BCUT2D eigenvalue weighted by molar-refractivity contribution is 6.00. The zero-order valence-corrected chi connectivity index (χ0v) is 14.5. The Morgan fingerprint density at radius 1 is 1.12 bits per heavy atom. The van der Waals surface area contributed by atoms with Gasteiger partial charge >= 0.3 is 0 Å². The number of carbonyl (C=O) groups is 1. The van der Waals surface area contributed by atoms with Gasteiger partial charge in [-0.15, -0.1) is 0 Å². The molecule has 1 N–H and O–H groups in total. The minimum Gasteiger partial charge on any atom is -0.454 e. The number of hydrogen-bond acceptors (Lipinski definition) is 5. The lowest BCUT2D eigenvalue weighted by Crippen LogP contribution is -2.27. The highest BCUT2D eigenvalue weighted by atomic mass is 16.7. The summed E-state index contributed by atoms with van der Waals surface area (Å²) < 4.78 is 16.2. The number of amides is 1. The van der Waals surface area contributed by atoms with Crippen LogP contribution in [-0.2, 0) is 0 Å². The number of carbonyl (C=O) groups excluding carboxylic acids is 1. The Morgan fingerprint density at radius 3 is 2.69 bits per heavy atom. The summed E-state index contributed by atoms with van der Waals surface area (Å²) in [6, 6.07) is 15.1. The highest BCUT2D eigenvalue weighted by Crippen LogP contribution is 2.37. The predicted molar refractivity (Wildman–Crippen MR) is 95.1 cm³/mol. The van der Waals surface area contributed by atoms with Crippen LogP contribution in [0.2, 0.25) is 0 Å². The molecule has 132 valence electrons. The second kappa shape index (κ2) is 6.55. The third-order valence-electron chi connectivity index (χ3n) is 4.37. The molecular formula is C20H18N2O4. The molecule has 1 unspecified atom stereocenters. The van der Waals surface area contributed by atoms with E-state index >= 15 is 0 Å². The largest absolute Gasteiger partial charge is 0.454 e. The Hall–Kier alpha value is -3.28. The molecule has 0 fully saturated rings. The molecule has 0 saturated heterocycles. The Morgan fingerprint density at radius 2 is 1.88 bits per heavy atom. The SMILES string of the molecule is Cc1noc(-c2ccc3c(c2)OCO3)c1C(=O)NC(C)c1ccccc1. The first-order valence-electron chi connectivity index (χ1n) is 8.35. The summed E-state index contributed by atoms with van der Waals surface area (Å²) in [6.45, 7) is 3.88. The van der Waals surface area contributed by atoms with Gasteiger partial charge in [0.2, 0.25) is 6.79 Å². The van der Waals surface area contributed by atoms with Gasteiger partial charge in [-0.2, -0.15) is 0 Å². The summed E-state index contributed by atoms with van der Waals surface area (Å²) >= 11 is 0. The molecule has 0 saturated carbocycles. The number of fused-ring (bicyclic) bond motifs is 1. The van der Waals surface area contributed by atoms with Crippen molar-refractivity contribution in [3.8, 4) is 22.8 Å². The molecule has 2 heterocycles. The highest BCUT2D eigenvalue weighted by Gasteiger charge is 2.25. The fourth-order valence-electron chi connectivity index (χ4n) is 2.97. The van der Waals surface area contributed by atoms with Crippen molar-refractivity contribution in [3.05, 3.63) is 65.4 Å².